The fourth-order valence-electron chi connectivity index (χ4n) is 5.22. The highest BCUT2D eigenvalue weighted by Gasteiger charge is 2.37. The Kier molecular flexibility index (Phi) is 6.75. The second kappa shape index (κ2) is 9.86. The lowest BCUT2D eigenvalue weighted by atomic mass is 9.69. The smallest absolute Gasteiger partial charge is 0.343 e. The fourth-order valence-corrected chi connectivity index (χ4v) is 6.57. The predicted molar refractivity (Wildman–Crippen MR) is 147 cm³/mol. The first-order valence-corrected chi connectivity index (χ1v) is 13.7. The second-order valence-corrected chi connectivity index (χ2v) is 11.8. The zero-order valence-electron chi connectivity index (χ0n) is 22.1. The Morgan fingerprint density at radius 1 is 1.11 bits per heavy atom. The van der Waals surface area contributed by atoms with Crippen LogP contribution in [-0.4, -0.2) is 19.0 Å². The maximum absolute atomic E-state index is 13.2. The van der Waals surface area contributed by atoms with Crippen LogP contribution in [0.5, 0.6) is 11.5 Å². The molecule has 1 aliphatic carbocycles. The third-order valence-electron chi connectivity index (χ3n) is 8.07. The van der Waals surface area contributed by atoms with E-state index in [0.717, 1.165) is 47.4 Å². The number of methoxy groups -OCH3 is 1. The number of rotatable bonds is 6. The van der Waals surface area contributed by atoms with E-state index in [0.29, 0.717) is 28.4 Å². The molecule has 0 unspecified atom stereocenters. The van der Waals surface area contributed by atoms with Crippen LogP contribution in [0.2, 0.25) is 0 Å². The maximum atomic E-state index is 13.2. The average Bonchev–Trinajstić information content (AvgIpc) is 3.27. The number of carbonyl (C=O) groups is 2. The zero-order valence-corrected chi connectivity index (χ0v) is 22.9. The van der Waals surface area contributed by atoms with Gasteiger partial charge in [0.15, 0.2) is 11.5 Å². The van der Waals surface area contributed by atoms with Gasteiger partial charge in [0.25, 0.3) is 5.91 Å². The van der Waals surface area contributed by atoms with Gasteiger partial charge in [-0.15, -0.1) is 11.3 Å². The summed E-state index contributed by atoms with van der Waals surface area (Å²) in [5.74, 6) is 0.890. The summed E-state index contributed by atoms with van der Waals surface area (Å²) in [7, 11) is 1.54. The Labute approximate surface area is 222 Å². The summed E-state index contributed by atoms with van der Waals surface area (Å²) in [5.41, 5.74) is 4.67. The Morgan fingerprint density at radius 3 is 2.57 bits per heavy atom. The topological polar surface area (TPSA) is 76.7 Å². The second-order valence-electron chi connectivity index (χ2n) is 10.7. The Bertz CT molecular complexity index is 1340. The van der Waals surface area contributed by atoms with Crippen LogP contribution in [0.4, 0.5) is 5.00 Å². The molecule has 7 heteroatoms. The van der Waals surface area contributed by atoms with E-state index in [1.165, 1.54) is 17.6 Å². The van der Waals surface area contributed by atoms with Crippen LogP contribution in [0.3, 0.4) is 0 Å². The molecule has 1 aromatic heterocycles. The van der Waals surface area contributed by atoms with E-state index >= 15 is 0 Å². The number of ether oxygens (including phenoxy) is 2. The third kappa shape index (κ3) is 4.85. The van der Waals surface area contributed by atoms with E-state index in [-0.39, 0.29) is 5.91 Å². The van der Waals surface area contributed by atoms with Crippen molar-refractivity contribution in [2.45, 2.75) is 59.5 Å². The highest BCUT2D eigenvalue weighted by Crippen LogP contribution is 2.47. The summed E-state index contributed by atoms with van der Waals surface area (Å²) in [5, 5.41) is 7.58. The van der Waals surface area contributed by atoms with Crippen molar-refractivity contribution < 1.29 is 19.1 Å². The number of hydrogen-bond acceptors (Lipinski definition) is 6. The van der Waals surface area contributed by atoms with E-state index in [1.54, 1.807) is 35.6 Å². The highest BCUT2D eigenvalue weighted by molar-refractivity contribution is 7.16. The van der Waals surface area contributed by atoms with Crippen LogP contribution in [0.1, 0.15) is 82.1 Å². The minimum Gasteiger partial charge on any atom is -0.493 e. The van der Waals surface area contributed by atoms with E-state index in [2.05, 4.69) is 31.4 Å². The first kappa shape index (κ1) is 25.3. The normalized spacial score (nSPS) is 18.8. The molecule has 2 aliphatic rings. The monoisotopic (exact) mass is 518 g/mol. The maximum Gasteiger partial charge on any atom is 0.343 e. The molecular weight excluding hydrogens is 484 g/mol. The summed E-state index contributed by atoms with van der Waals surface area (Å²) in [6.45, 7) is 8.93. The van der Waals surface area contributed by atoms with E-state index in [9.17, 15) is 9.59 Å². The summed E-state index contributed by atoms with van der Waals surface area (Å²) in [4.78, 5) is 27.2. The van der Waals surface area contributed by atoms with Crippen LogP contribution < -0.4 is 20.1 Å². The number of benzene rings is 2. The van der Waals surface area contributed by atoms with Crippen molar-refractivity contribution in [1.29, 1.82) is 0 Å². The van der Waals surface area contributed by atoms with Gasteiger partial charge in [0, 0.05) is 4.88 Å². The molecular formula is C30H34N2O4S. The van der Waals surface area contributed by atoms with Crippen molar-refractivity contribution in [3.05, 3.63) is 75.2 Å². The first-order valence-electron chi connectivity index (χ1n) is 12.9. The van der Waals surface area contributed by atoms with Gasteiger partial charge in [-0.2, -0.15) is 0 Å². The van der Waals surface area contributed by atoms with Crippen molar-refractivity contribution in [2.75, 3.05) is 12.4 Å². The van der Waals surface area contributed by atoms with Crippen LogP contribution >= 0.6 is 11.3 Å². The quantitative estimate of drug-likeness (QED) is 0.281. The molecule has 2 heterocycles. The van der Waals surface area contributed by atoms with Crippen molar-refractivity contribution in [1.82, 2.24) is 5.32 Å². The van der Waals surface area contributed by atoms with E-state index in [1.807, 2.05) is 25.1 Å². The molecule has 2 N–H and O–H groups in total. The molecule has 5 rings (SSSR count). The number of aryl methyl sites for hydroxylation is 1. The molecule has 0 saturated carbocycles. The van der Waals surface area contributed by atoms with Gasteiger partial charge in [-0.3, -0.25) is 4.79 Å². The van der Waals surface area contributed by atoms with E-state index in [4.69, 9.17) is 9.47 Å². The molecule has 2 atom stereocenters. The van der Waals surface area contributed by atoms with Crippen molar-refractivity contribution in [3.63, 3.8) is 0 Å². The Morgan fingerprint density at radius 2 is 1.86 bits per heavy atom. The number of fused-ring (bicyclic) bond motifs is 3. The lowest BCUT2D eigenvalue weighted by molar-refractivity contribution is 0.0729. The number of carbonyl (C=O) groups excluding carboxylic acids is 2. The molecule has 0 spiro atoms. The van der Waals surface area contributed by atoms with Gasteiger partial charge in [-0.25, -0.2) is 4.79 Å². The van der Waals surface area contributed by atoms with Crippen LogP contribution in [0, 0.1) is 18.3 Å². The number of nitrogens with one attached hydrogen (secondary N) is 2. The molecule has 6 nitrogen and oxygen atoms in total. The van der Waals surface area contributed by atoms with Gasteiger partial charge in [0.1, 0.15) is 11.2 Å². The summed E-state index contributed by atoms with van der Waals surface area (Å²) < 4.78 is 11.1. The predicted octanol–water partition coefficient (Wildman–Crippen LogP) is 6.68. The Hall–Kier alpha value is -3.32. The van der Waals surface area contributed by atoms with Crippen molar-refractivity contribution in [3.8, 4) is 11.5 Å². The van der Waals surface area contributed by atoms with Gasteiger partial charge in [-0.05, 0) is 72.9 Å². The molecule has 3 aromatic rings. The molecule has 194 valence electrons. The SMILES string of the molecule is CCC(C)(C)[C@H]1CCc2c(sc3c2C(=O)N[C@H](c2ccc(OC(=O)c4ccc(C)cc4)c(OC)c2)N3)C1. The summed E-state index contributed by atoms with van der Waals surface area (Å²) >= 11 is 1.72. The van der Waals surface area contributed by atoms with Crippen molar-refractivity contribution >= 4 is 28.2 Å². The minimum absolute atomic E-state index is 0.0432. The number of hydrogen-bond donors (Lipinski definition) is 2. The number of thiophene rings is 1. The molecule has 1 aliphatic heterocycles. The largest absolute Gasteiger partial charge is 0.493 e. The van der Waals surface area contributed by atoms with Gasteiger partial charge < -0.3 is 20.1 Å². The molecule has 0 fully saturated rings. The molecule has 37 heavy (non-hydrogen) atoms. The van der Waals surface area contributed by atoms with Crippen LogP contribution in [0.15, 0.2) is 42.5 Å². The Balaban J connectivity index is 1.36. The van der Waals surface area contributed by atoms with Gasteiger partial charge in [0.05, 0.1) is 18.2 Å². The fraction of sp³-hybridized carbons (Fsp3) is 0.400. The average molecular weight is 519 g/mol. The first-order chi connectivity index (χ1) is 17.7. The van der Waals surface area contributed by atoms with Crippen molar-refractivity contribution in [2.24, 2.45) is 11.3 Å². The molecule has 0 bridgehead atoms. The highest BCUT2D eigenvalue weighted by atomic mass is 32.1. The molecule has 1 amide bonds. The standard InChI is InChI=1S/C30H34N2O4S/c1-6-30(3,4)20-12-13-21-24(16-20)37-28-25(21)27(33)31-26(32-28)19-11-14-22(23(15-19)35-5)36-29(34)18-9-7-17(2)8-10-18/h7-11,14-15,20,26,32H,6,12-13,16H2,1-5H3,(H,31,33)/t20-,26-/m0/s1. The number of esters is 1. The lowest BCUT2D eigenvalue weighted by Gasteiger charge is -2.36. The van der Waals surface area contributed by atoms with Crippen LogP contribution in [-0.2, 0) is 12.8 Å². The van der Waals surface area contributed by atoms with E-state index < -0.39 is 12.1 Å². The molecule has 0 radical (unpaired) electrons. The molecule has 0 saturated heterocycles. The summed E-state index contributed by atoms with van der Waals surface area (Å²) in [6.07, 6.45) is 3.84. The van der Waals surface area contributed by atoms with Gasteiger partial charge in [0.2, 0.25) is 0 Å². The number of amides is 1. The summed E-state index contributed by atoms with van der Waals surface area (Å²) in [6, 6.07) is 12.6. The number of anilines is 1. The van der Waals surface area contributed by atoms with Gasteiger partial charge >= 0.3 is 5.97 Å². The third-order valence-corrected chi connectivity index (χ3v) is 9.26. The lowest BCUT2D eigenvalue weighted by Crippen LogP contribution is -2.38. The minimum atomic E-state index is -0.450. The zero-order chi connectivity index (χ0) is 26.3. The molecule has 2 aromatic carbocycles. The van der Waals surface area contributed by atoms with Gasteiger partial charge in [-0.1, -0.05) is 51.0 Å². The van der Waals surface area contributed by atoms with Crippen LogP contribution in [0.25, 0.3) is 0 Å².